The van der Waals surface area contributed by atoms with E-state index in [4.69, 9.17) is 4.74 Å². The van der Waals surface area contributed by atoms with E-state index >= 15 is 0 Å². The van der Waals surface area contributed by atoms with Crippen LogP contribution in [0.25, 0.3) is 10.9 Å². The van der Waals surface area contributed by atoms with Crippen molar-refractivity contribution < 1.29 is 14.6 Å². The zero-order valence-corrected chi connectivity index (χ0v) is 20.9. The maximum absolute atomic E-state index is 12.7. The van der Waals surface area contributed by atoms with Crippen LogP contribution in [0.5, 0.6) is 5.75 Å². The van der Waals surface area contributed by atoms with Crippen molar-refractivity contribution in [1.29, 1.82) is 0 Å². The number of para-hydroxylation sites is 1. The molecule has 0 unspecified atom stereocenters. The van der Waals surface area contributed by atoms with E-state index in [1.54, 1.807) is 13.3 Å². The molecule has 1 fully saturated rings. The minimum atomic E-state index is -0.228. The second-order valence-electron chi connectivity index (χ2n) is 8.96. The van der Waals surface area contributed by atoms with E-state index in [-0.39, 0.29) is 17.9 Å². The number of aromatic nitrogens is 1. The summed E-state index contributed by atoms with van der Waals surface area (Å²) in [5, 5.41) is 14.1. The van der Waals surface area contributed by atoms with Crippen LogP contribution in [0.4, 0.5) is 5.69 Å². The van der Waals surface area contributed by atoms with Crippen LogP contribution < -0.4 is 10.1 Å². The van der Waals surface area contributed by atoms with Crippen LogP contribution in [0, 0.1) is 0 Å². The highest BCUT2D eigenvalue weighted by atomic mass is 16.5. The van der Waals surface area contributed by atoms with Gasteiger partial charge in [0.05, 0.1) is 13.7 Å². The molecular formula is C30H33N3O3. The molecule has 186 valence electrons. The number of nitrogens with one attached hydrogen (secondary N) is 1. The van der Waals surface area contributed by atoms with Gasteiger partial charge in [-0.2, -0.15) is 0 Å². The van der Waals surface area contributed by atoms with Gasteiger partial charge in [0.25, 0.3) is 5.91 Å². The topological polar surface area (TPSA) is 74.7 Å². The number of aliphatic hydroxyl groups excluding tert-OH is 1. The lowest BCUT2D eigenvalue weighted by molar-refractivity contribution is 0.0594. The average molecular weight is 484 g/mol. The second-order valence-corrected chi connectivity index (χ2v) is 8.96. The van der Waals surface area contributed by atoms with Crippen LogP contribution in [-0.4, -0.2) is 54.8 Å². The number of carbonyl (C=O) groups excluding carboxylic acids is 1. The van der Waals surface area contributed by atoms with Gasteiger partial charge in [-0.05, 0) is 54.8 Å². The molecule has 0 atom stereocenters. The molecule has 0 bridgehead atoms. The number of anilines is 1. The standard InChI is InChI=1S/C20H24N2O2.C10H9NO/c1-21-18-9-7-16(8-10-18)19(24)22-13-11-20(15-23,12-14-22)17-5-3-2-4-6-17;1-12-9-6-2-4-8-5-3-7-11-10(8)9/h2-10,21,23H,11-15H2,1H3;2-7H,1H3. The lowest BCUT2D eigenvalue weighted by Gasteiger charge is -2.41. The minimum Gasteiger partial charge on any atom is -0.494 e. The van der Waals surface area contributed by atoms with Gasteiger partial charge in [-0.3, -0.25) is 9.78 Å². The van der Waals surface area contributed by atoms with Gasteiger partial charge in [-0.1, -0.05) is 48.5 Å². The molecule has 1 aliphatic heterocycles. The number of methoxy groups -OCH3 is 1. The summed E-state index contributed by atoms with van der Waals surface area (Å²) in [5.41, 5.74) is 3.56. The lowest BCUT2D eigenvalue weighted by atomic mass is 9.73. The number of likely N-dealkylation sites (tertiary alicyclic amines) is 1. The summed E-state index contributed by atoms with van der Waals surface area (Å²) in [6, 6.07) is 27.5. The van der Waals surface area contributed by atoms with Gasteiger partial charge in [0.15, 0.2) is 0 Å². The number of rotatable bonds is 5. The normalized spacial score (nSPS) is 14.5. The Morgan fingerprint density at radius 3 is 2.31 bits per heavy atom. The number of nitrogens with zero attached hydrogens (tertiary/aromatic N) is 2. The van der Waals surface area contributed by atoms with E-state index in [1.165, 1.54) is 0 Å². The first-order valence-electron chi connectivity index (χ1n) is 12.2. The van der Waals surface area contributed by atoms with Crippen LogP contribution in [0.2, 0.25) is 0 Å². The number of piperidine rings is 1. The molecule has 1 saturated heterocycles. The molecule has 36 heavy (non-hydrogen) atoms. The number of aliphatic hydroxyl groups is 1. The van der Waals surface area contributed by atoms with Crippen molar-refractivity contribution in [3.63, 3.8) is 0 Å². The molecule has 6 heteroatoms. The summed E-state index contributed by atoms with van der Waals surface area (Å²) in [5.74, 6) is 0.894. The average Bonchev–Trinajstić information content (AvgIpc) is 2.97. The highest BCUT2D eigenvalue weighted by Gasteiger charge is 2.37. The van der Waals surface area contributed by atoms with E-state index < -0.39 is 0 Å². The number of hydrogen-bond acceptors (Lipinski definition) is 5. The molecule has 1 amide bonds. The van der Waals surface area contributed by atoms with E-state index in [0.29, 0.717) is 18.7 Å². The first-order chi connectivity index (χ1) is 17.6. The molecule has 2 heterocycles. The zero-order chi connectivity index (χ0) is 25.4. The quantitative estimate of drug-likeness (QED) is 0.411. The number of fused-ring (bicyclic) bond motifs is 1. The maximum Gasteiger partial charge on any atom is 0.253 e. The largest absolute Gasteiger partial charge is 0.494 e. The van der Waals surface area contributed by atoms with E-state index in [2.05, 4.69) is 22.4 Å². The van der Waals surface area contributed by atoms with Gasteiger partial charge in [-0.15, -0.1) is 0 Å². The van der Waals surface area contributed by atoms with Crippen LogP contribution in [-0.2, 0) is 5.41 Å². The third-order valence-corrected chi connectivity index (χ3v) is 6.93. The van der Waals surface area contributed by atoms with Gasteiger partial charge in [0.2, 0.25) is 0 Å². The third-order valence-electron chi connectivity index (χ3n) is 6.93. The Labute approximate surface area is 212 Å². The second kappa shape index (κ2) is 11.7. The van der Waals surface area contributed by atoms with E-state index in [9.17, 15) is 9.90 Å². The number of benzene rings is 3. The number of amides is 1. The van der Waals surface area contributed by atoms with E-state index in [1.807, 2.05) is 84.7 Å². The summed E-state index contributed by atoms with van der Waals surface area (Å²) in [4.78, 5) is 18.8. The van der Waals surface area contributed by atoms with Gasteiger partial charge in [0, 0.05) is 48.4 Å². The first-order valence-corrected chi connectivity index (χ1v) is 12.2. The molecule has 1 aromatic heterocycles. The Bertz CT molecular complexity index is 1260. The first kappa shape index (κ1) is 25.2. The minimum absolute atomic E-state index is 0.0669. The molecular weight excluding hydrogens is 450 g/mol. The van der Waals surface area contributed by atoms with Crippen LogP contribution in [0.3, 0.4) is 0 Å². The Morgan fingerprint density at radius 2 is 1.67 bits per heavy atom. The Balaban J connectivity index is 0.000000211. The van der Waals surface area contributed by atoms with Crippen molar-refractivity contribution in [1.82, 2.24) is 9.88 Å². The summed E-state index contributed by atoms with van der Waals surface area (Å²) < 4.78 is 5.16. The fraction of sp³-hybridized carbons (Fsp3) is 0.267. The summed E-state index contributed by atoms with van der Waals surface area (Å²) in [7, 11) is 3.52. The summed E-state index contributed by atoms with van der Waals surface area (Å²) in [6.45, 7) is 1.46. The molecule has 0 spiro atoms. The number of hydrogen-bond donors (Lipinski definition) is 2. The van der Waals surface area contributed by atoms with Gasteiger partial charge in [0.1, 0.15) is 11.3 Å². The van der Waals surface area contributed by atoms with Crippen molar-refractivity contribution in [2.75, 3.05) is 39.2 Å². The maximum atomic E-state index is 12.7. The lowest BCUT2D eigenvalue weighted by Crippen LogP contribution is -2.46. The number of carbonyl (C=O) groups is 1. The van der Waals surface area contributed by atoms with Crippen LogP contribution in [0.15, 0.2) is 91.1 Å². The molecule has 0 saturated carbocycles. The summed E-state index contributed by atoms with van der Waals surface area (Å²) in [6.07, 6.45) is 3.34. The monoisotopic (exact) mass is 483 g/mol. The molecule has 3 aromatic carbocycles. The Hall–Kier alpha value is -3.90. The molecule has 1 aliphatic rings. The Morgan fingerprint density at radius 1 is 0.972 bits per heavy atom. The van der Waals surface area contributed by atoms with Gasteiger partial charge < -0.3 is 20.1 Å². The van der Waals surface area contributed by atoms with Gasteiger partial charge in [-0.25, -0.2) is 0 Å². The highest BCUT2D eigenvalue weighted by Crippen LogP contribution is 2.35. The molecule has 6 nitrogen and oxygen atoms in total. The fourth-order valence-corrected chi connectivity index (χ4v) is 4.67. The predicted molar refractivity (Wildman–Crippen MR) is 145 cm³/mol. The van der Waals surface area contributed by atoms with Crippen molar-refractivity contribution in [3.8, 4) is 5.75 Å². The smallest absolute Gasteiger partial charge is 0.253 e. The molecule has 0 radical (unpaired) electrons. The third kappa shape index (κ3) is 5.50. The SMILES string of the molecule is CNc1ccc(C(=O)N2CCC(CO)(c3ccccc3)CC2)cc1.COc1cccc2cccnc12. The van der Waals surface area contributed by atoms with Crippen LogP contribution >= 0.6 is 0 Å². The van der Waals surface area contributed by atoms with Crippen LogP contribution in [0.1, 0.15) is 28.8 Å². The highest BCUT2D eigenvalue weighted by molar-refractivity contribution is 5.94. The van der Waals surface area contributed by atoms with Crippen molar-refractivity contribution in [2.24, 2.45) is 0 Å². The zero-order valence-electron chi connectivity index (χ0n) is 20.9. The predicted octanol–water partition coefficient (Wildman–Crippen LogP) is 5.14. The molecule has 0 aliphatic carbocycles. The fourth-order valence-electron chi connectivity index (χ4n) is 4.67. The van der Waals surface area contributed by atoms with Crippen molar-refractivity contribution >= 4 is 22.5 Å². The van der Waals surface area contributed by atoms with Gasteiger partial charge >= 0.3 is 0 Å². The number of pyridine rings is 1. The number of ether oxygens (including phenoxy) is 1. The van der Waals surface area contributed by atoms with Crippen molar-refractivity contribution in [3.05, 3.63) is 102 Å². The molecule has 4 aromatic rings. The summed E-state index contributed by atoms with van der Waals surface area (Å²) >= 11 is 0. The Kier molecular flexibility index (Phi) is 8.18. The molecule has 2 N–H and O–H groups in total. The molecule has 5 rings (SSSR count). The van der Waals surface area contributed by atoms with E-state index in [0.717, 1.165) is 40.7 Å². The van der Waals surface area contributed by atoms with Crippen molar-refractivity contribution in [2.45, 2.75) is 18.3 Å².